The highest BCUT2D eigenvalue weighted by Crippen LogP contribution is 2.26. The van der Waals surface area contributed by atoms with Crippen LogP contribution in [0.15, 0.2) is 0 Å². The van der Waals surface area contributed by atoms with Crippen molar-refractivity contribution >= 4 is 5.97 Å². The summed E-state index contributed by atoms with van der Waals surface area (Å²) in [5, 5.41) is 3.31. The first-order valence-corrected chi connectivity index (χ1v) is 6.57. The Morgan fingerprint density at radius 1 is 1.53 bits per heavy atom. The summed E-state index contributed by atoms with van der Waals surface area (Å²) in [6.45, 7) is 5.82. The molecule has 0 aromatic rings. The van der Waals surface area contributed by atoms with Gasteiger partial charge in [-0.25, -0.2) is 0 Å². The fourth-order valence-corrected chi connectivity index (χ4v) is 1.99. The van der Waals surface area contributed by atoms with Crippen molar-refractivity contribution in [1.29, 1.82) is 0 Å². The first kappa shape index (κ1) is 14.5. The van der Waals surface area contributed by atoms with Crippen molar-refractivity contribution < 1.29 is 9.53 Å². The van der Waals surface area contributed by atoms with Gasteiger partial charge >= 0.3 is 5.97 Å². The van der Waals surface area contributed by atoms with E-state index in [1.165, 1.54) is 20.0 Å². The molecule has 1 atom stereocenters. The molecule has 0 aromatic heterocycles. The first-order chi connectivity index (χ1) is 8.03. The molecule has 1 fully saturated rings. The van der Waals surface area contributed by atoms with Gasteiger partial charge in [-0.15, -0.1) is 0 Å². The van der Waals surface area contributed by atoms with Gasteiger partial charge in [-0.3, -0.25) is 4.79 Å². The second-order valence-electron chi connectivity index (χ2n) is 5.21. The van der Waals surface area contributed by atoms with Gasteiger partial charge in [0.05, 0.1) is 7.11 Å². The molecule has 0 aromatic carbocycles. The van der Waals surface area contributed by atoms with Crippen LogP contribution in [0, 0.1) is 0 Å². The Kier molecular flexibility index (Phi) is 5.40. The lowest BCUT2D eigenvalue weighted by Crippen LogP contribution is -2.52. The number of methoxy groups -OCH3 is 1. The van der Waals surface area contributed by atoms with E-state index in [-0.39, 0.29) is 5.97 Å². The molecule has 0 aliphatic heterocycles. The molecule has 0 heterocycles. The van der Waals surface area contributed by atoms with Gasteiger partial charge in [0.2, 0.25) is 0 Å². The number of carbonyl (C=O) groups is 1. The predicted molar refractivity (Wildman–Crippen MR) is 69.0 cm³/mol. The summed E-state index contributed by atoms with van der Waals surface area (Å²) >= 11 is 0. The largest absolute Gasteiger partial charge is 0.468 e. The van der Waals surface area contributed by atoms with Gasteiger partial charge in [0.15, 0.2) is 0 Å². The fourth-order valence-electron chi connectivity index (χ4n) is 1.99. The standard InChI is InChI=1S/C13H26N2O2/c1-5-9-14-13(2,12(16)17-4)8-10-15(3)11-6-7-11/h11,14H,5-10H2,1-4H3. The van der Waals surface area contributed by atoms with Crippen molar-refractivity contribution in [2.75, 3.05) is 27.2 Å². The van der Waals surface area contributed by atoms with E-state index in [1.54, 1.807) is 0 Å². The zero-order valence-corrected chi connectivity index (χ0v) is 11.6. The van der Waals surface area contributed by atoms with Crippen LogP contribution in [0.1, 0.15) is 39.5 Å². The van der Waals surface area contributed by atoms with E-state index in [9.17, 15) is 4.79 Å². The summed E-state index contributed by atoms with van der Waals surface area (Å²) in [6.07, 6.45) is 4.42. The van der Waals surface area contributed by atoms with Crippen LogP contribution in [0.4, 0.5) is 0 Å². The second-order valence-corrected chi connectivity index (χ2v) is 5.21. The Morgan fingerprint density at radius 3 is 2.65 bits per heavy atom. The van der Waals surface area contributed by atoms with E-state index >= 15 is 0 Å². The van der Waals surface area contributed by atoms with Crippen molar-refractivity contribution in [2.45, 2.75) is 51.1 Å². The van der Waals surface area contributed by atoms with Gasteiger partial charge in [0.25, 0.3) is 0 Å². The molecular weight excluding hydrogens is 216 g/mol. The molecule has 0 spiro atoms. The molecule has 4 nitrogen and oxygen atoms in total. The van der Waals surface area contributed by atoms with E-state index in [0.29, 0.717) is 0 Å². The summed E-state index contributed by atoms with van der Waals surface area (Å²) in [4.78, 5) is 14.2. The van der Waals surface area contributed by atoms with Crippen molar-refractivity contribution in [3.63, 3.8) is 0 Å². The third kappa shape index (κ3) is 4.28. The third-order valence-corrected chi connectivity index (χ3v) is 3.54. The highest BCUT2D eigenvalue weighted by atomic mass is 16.5. The van der Waals surface area contributed by atoms with Crippen molar-refractivity contribution in [3.05, 3.63) is 0 Å². The molecule has 1 N–H and O–H groups in total. The molecular formula is C13H26N2O2. The molecule has 1 rings (SSSR count). The Labute approximate surface area is 105 Å². The van der Waals surface area contributed by atoms with Crippen molar-refractivity contribution in [2.24, 2.45) is 0 Å². The van der Waals surface area contributed by atoms with Crippen LogP contribution in [0.3, 0.4) is 0 Å². The van der Waals surface area contributed by atoms with Crippen LogP contribution in [0.25, 0.3) is 0 Å². The minimum Gasteiger partial charge on any atom is -0.468 e. The van der Waals surface area contributed by atoms with Crippen LogP contribution >= 0.6 is 0 Å². The number of hydrogen-bond acceptors (Lipinski definition) is 4. The van der Waals surface area contributed by atoms with Crippen LogP contribution in [-0.2, 0) is 9.53 Å². The summed E-state index contributed by atoms with van der Waals surface area (Å²) < 4.78 is 4.90. The zero-order valence-electron chi connectivity index (χ0n) is 11.6. The molecule has 0 radical (unpaired) electrons. The maximum Gasteiger partial charge on any atom is 0.325 e. The summed E-state index contributed by atoms with van der Waals surface area (Å²) in [7, 11) is 3.59. The SMILES string of the molecule is CCCNC(C)(CCN(C)C1CC1)C(=O)OC. The maximum absolute atomic E-state index is 11.8. The Morgan fingerprint density at radius 2 is 2.18 bits per heavy atom. The first-order valence-electron chi connectivity index (χ1n) is 6.57. The highest BCUT2D eigenvalue weighted by Gasteiger charge is 2.35. The van der Waals surface area contributed by atoms with Gasteiger partial charge in [0.1, 0.15) is 5.54 Å². The van der Waals surface area contributed by atoms with E-state index < -0.39 is 5.54 Å². The fraction of sp³-hybridized carbons (Fsp3) is 0.923. The minimum absolute atomic E-state index is 0.157. The third-order valence-electron chi connectivity index (χ3n) is 3.54. The highest BCUT2D eigenvalue weighted by molar-refractivity contribution is 5.80. The monoisotopic (exact) mass is 242 g/mol. The van der Waals surface area contributed by atoms with Crippen LogP contribution in [0.2, 0.25) is 0 Å². The molecule has 0 amide bonds. The van der Waals surface area contributed by atoms with Crippen molar-refractivity contribution in [1.82, 2.24) is 10.2 Å². The lowest BCUT2D eigenvalue weighted by Gasteiger charge is -2.30. The molecule has 17 heavy (non-hydrogen) atoms. The zero-order chi connectivity index (χ0) is 12.9. The van der Waals surface area contributed by atoms with E-state index in [0.717, 1.165) is 32.0 Å². The molecule has 1 unspecified atom stereocenters. The van der Waals surface area contributed by atoms with Gasteiger partial charge in [0, 0.05) is 12.6 Å². The molecule has 1 saturated carbocycles. The van der Waals surface area contributed by atoms with Crippen molar-refractivity contribution in [3.8, 4) is 0 Å². The molecule has 1 aliphatic rings. The number of ether oxygens (including phenoxy) is 1. The average molecular weight is 242 g/mol. The second kappa shape index (κ2) is 6.36. The summed E-state index contributed by atoms with van der Waals surface area (Å²) in [5.41, 5.74) is -0.548. The molecule has 1 aliphatic carbocycles. The minimum atomic E-state index is -0.548. The Hall–Kier alpha value is -0.610. The molecule has 0 saturated heterocycles. The van der Waals surface area contributed by atoms with E-state index in [4.69, 9.17) is 4.74 Å². The Balaban J connectivity index is 2.46. The molecule has 100 valence electrons. The van der Waals surface area contributed by atoms with Gasteiger partial charge in [-0.05, 0) is 46.2 Å². The normalized spacial score (nSPS) is 19.1. The van der Waals surface area contributed by atoms with Gasteiger partial charge < -0.3 is 15.0 Å². The number of carbonyl (C=O) groups excluding carboxylic acids is 1. The maximum atomic E-state index is 11.8. The number of rotatable bonds is 8. The predicted octanol–water partition coefficient (Wildman–Crippen LogP) is 1.40. The van der Waals surface area contributed by atoms with E-state index in [1.807, 2.05) is 6.92 Å². The average Bonchev–Trinajstić information content (AvgIpc) is 3.16. The molecule has 4 heteroatoms. The summed E-state index contributed by atoms with van der Waals surface area (Å²) in [5.74, 6) is -0.157. The summed E-state index contributed by atoms with van der Waals surface area (Å²) in [6, 6.07) is 0.739. The van der Waals surface area contributed by atoms with Gasteiger partial charge in [-0.1, -0.05) is 6.92 Å². The van der Waals surface area contributed by atoms with Crippen LogP contribution in [0.5, 0.6) is 0 Å². The Bertz CT molecular complexity index is 254. The number of esters is 1. The number of hydrogen-bond donors (Lipinski definition) is 1. The number of nitrogens with one attached hydrogen (secondary N) is 1. The molecule has 0 bridgehead atoms. The quantitative estimate of drug-likeness (QED) is 0.653. The van der Waals surface area contributed by atoms with Crippen LogP contribution in [-0.4, -0.2) is 49.7 Å². The van der Waals surface area contributed by atoms with Gasteiger partial charge in [-0.2, -0.15) is 0 Å². The topological polar surface area (TPSA) is 41.6 Å². The van der Waals surface area contributed by atoms with Crippen LogP contribution < -0.4 is 5.32 Å². The number of nitrogens with zero attached hydrogens (tertiary/aromatic N) is 1. The lowest BCUT2D eigenvalue weighted by molar-refractivity contribution is -0.148. The smallest absolute Gasteiger partial charge is 0.325 e. The lowest BCUT2D eigenvalue weighted by atomic mass is 9.97. The van der Waals surface area contributed by atoms with E-state index in [2.05, 4.69) is 24.2 Å².